The van der Waals surface area contributed by atoms with Gasteiger partial charge in [0.05, 0.1) is 26.9 Å². The van der Waals surface area contributed by atoms with E-state index in [1.807, 2.05) is 5.38 Å². The monoisotopic (exact) mass is 259 g/mol. The molecule has 0 aliphatic rings. The van der Waals surface area contributed by atoms with E-state index in [-0.39, 0.29) is 12.5 Å². The quantitative estimate of drug-likeness (QED) is 0.737. The summed E-state index contributed by atoms with van der Waals surface area (Å²) in [6.45, 7) is 1.19. The lowest BCUT2D eigenvalue weighted by atomic mass is 10.4. The van der Waals surface area contributed by atoms with E-state index < -0.39 is 0 Å². The van der Waals surface area contributed by atoms with E-state index in [1.54, 1.807) is 25.1 Å². The Morgan fingerprint density at radius 1 is 1.53 bits per heavy atom. The number of nitrogens with zero attached hydrogens (tertiary/aromatic N) is 1. The molecule has 0 spiro atoms. The van der Waals surface area contributed by atoms with Crippen LogP contribution in [0.4, 0.5) is 0 Å². The number of thiophene rings is 1. The fourth-order valence-corrected chi connectivity index (χ4v) is 2.11. The Labute approximate surface area is 105 Å². The fourth-order valence-electron chi connectivity index (χ4n) is 1.26. The molecule has 0 aliphatic heterocycles. The van der Waals surface area contributed by atoms with Crippen molar-refractivity contribution in [2.24, 2.45) is 0 Å². The molecule has 0 atom stereocenters. The predicted octanol–water partition coefficient (Wildman–Crippen LogP) is 0.838. The highest BCUT2D eigenvalue weighted by Crippen LogP contribution is 2.25. The summed E-state index contributed by atoms with van der Waals surface area (Å²) in [7, 11) is 3.26. The Bertz CT molecular complexity index is 353. The summed E-state index contributed by atoms with van der Waals surface area (Å²) >= 11 is 1.36. The molecule has 1 amide bonds. The summed E-state index contributed by atoms with van der Waals surface area (Å²) in [5, 5.41) is 10.4. The van der Waals surface area contributed by atoms with Crippen molar-refractivity contribution in [3.8, 4) is 5.75 Å². The minimum atomic E-state index is -0.0792. The van der Waals surface area contributed by atoms with Gasteiger partial charge in [0, 0.05) is 13.6 Å². The van der Waals surface area contributed by atoms with Gasteiger partial charge in [0.25, 0.3) is 5.91 Å². The van der Waals surface area contributed by atoms with Crippen LogP contribution in [0, 0.1) is 0 Å². The lowest BCUT2D eigenvalue weighted by molar-refractivity contribution is 0.0620. The molecule has 0 aromatic carbocycles. The molecule has 1 aromatic rings. The average molecular weight is 259 g/mol. The lowest BCUT2D eigenvalue weighted by Crippen LogP contribution is -2.30. The van der Waals surface area contributed by atoms with Crippen LogP contribution in [0.1, 0.15) is 9.67 Å². The van der Waals surface area contributed by atoms with Crippen molar-refractivity contribution in [3.63, 3.8) is 0 Å². The van der Waals surface area contributed by atoms with E-state index in [1.165, 1.54) is 11.3 Å². The number of ether oxygens (including phenoxy) is 2. The number of aliphatic hydroxyl groups is 1. The van der Waals surface area contributed by atoms with Gasteiger partial charge < -0.3 is 19.5 Å². The number of methoxy groups -OCH3 is 1. The molecule has 1 aromatic heterocycles. The van der Waals surface area contributed by atoms with Crippen LogP contribution in [0.15, 0.2) is 11.4 Å². The minimum absolute atomic E-state index is 0.00356. The van der Waals surface area contributed by atoms with Crippen LogP contribution < -0.4 is 4.74 Å². The van der Waals surface area contributed by atoms with E-state index in [2.05, 4.69) is 0 Å². The van der Waals surface area contributed by atoms with Crippen molar-refractivity contribution in [2.45, 2.75) is 0 Å². The summed E-state index contributed by atoms with van der Waals surface area (Å²) in [6, 6.07) is 1.77. The second kappa shape index (κ2) is 7.26. The van der Waals surface area contributed by atoms with Crippen molar-refractivity contribution in [2.75, 3.05) is 40.5 Å². The normalized spacial score (nSPS) is 10.3. The molecule has 0 fully saturated rings. The molecule has 0 saturated heterocycles. The minimum Gasteiger partial charge on any atom is -0.495 e. The molecule has 0 bridgehead atoms. The zero-order valence-corrected chi connectivity index (χ0v) is 10.8. The predicted molar refractivity (Wildman–Crippen MR) is 65.7 cm³/mol. The van der Waals surface area contributed by atoms with Crippen molar-refractivity contribution in [1.82, 2.24) is 4.90 Å². The highest BCUT2D eigenvalue weighted by molar-refractivity contribution is 7.12. The largest absolute Gasteiger partial charge is 0.495 e. The van der Waals surface area contributed by atoms with Crippen LogP contribution in [-0.2, 0) is 4.74 Å². The van der Waals surface area contributed by atoms with Gasteiger partial charge in [-0.15, -0.1) is 11.3 Å². The highest BCUT2D eigenvalue weighted by Gasteiger charge is 2.17. The first-order valence-electron chi connectivity index (χ1n) is 5.26. The van der Waals surface area contributed by atoms with Crippen LogP contribution in [0.5, 0.6) is 5.75 Å². The molecule has 17 heavy (non-hydrogen) atoms. The number of hydrogen-bond donors (Lipinski definition) is 1. The van der Waals surface area contributed by atoms with Gasteiger partial charge in [-0.1, -0.05) is 0 Å². The van der Waals surface area contributed by atoms with Gasteiger partial charge in [0.2, 0.25) is 0 Å². The van der Waals surface area contributed by atoms with Crippen molar-refractivity contribution in [1.29, 1.82) is 0 Å². The fraction of sp³-hybridized carbons (Fsp3) is 0.545. The third-order valence-electron chi connectivity index (χ3n) is 2.20. The molecule has 1 heterocycles. The van der Waals surface area contributed by atoms with Crippen LogP contribution in [0.25, 0.3) is 0 Å². The number of carbonyl (C=O) groups is 1. The zero-order valence-electron chi connectivity index (χ0n) is 10.0. The maximum absolute atomic E-state index is 12.0. The van der Waals surface area contributed by atoms with E-state index in [9.17, 15) is 4.79 Å². The summed E-state index contributed by atoms with van der Waals surface area (Å²) in [4.78, 5) is 14.2. The van der Waals surface area contributed by atoms with Crippen molar-refractivity contribution in [3.05, 3.63) is 16.3 Å². The Hall–Kier alpha value is -1.11. The molecule has 0 aliphatic carbocycles. The van der Waals surface area contributed by atoms with E-state index in [4.69, 9.17) is 14.6 Å². The van der Waals surface area contributed by atoms with Gasteiger partial charge >= 0.3 is 0 Å². The molecule has 0 saturated carbocycles. The second-order valence-electron chi connectivity index (χ2n) is 3.38. The third kappa shape index (κ3) is 3.99. The molecule has 96 valence electrons. The van der Waals surface area contributed by atoms with E-state index in [0.717, 1.165) is 0 Å². The Kier molecular flexibility index (Phi) is 5.96. The maximum Gasteiger partial charge on any atom is 0.267 e. The third-order valence-corrected chi connectivity index (χ3v) is 3.08. The number of rotatable bonds is 7. The van der Waals surface area contributed by atoms with Gasteiger partial charge in [0.1, 0.15) is 10.6 Å². The molecule has 0 unspecified atom stereocenters. The Balaban J connectivity index is 2.46. The van der Waals surface area contributed by atoms with Crippen LogP contribution in [-0.4, -0.2) is 56.4 Å². The van der Waals surface area contributed by atoms with Gasteiger partial charge in [0.15, 0.2) is 0 Å². The lowest BCUT2D eigenvalue weighted by Gasteiger charge is -2.16. The molecule has 1 N–H and O–H groups in total. The Morgan fingerprint density at radius 3 is 2.94 bits per heavy atom. The first kappa shape index (κ1) is 14.0. The second-order valence-corrected chi connectivity index (χ2v) is 4.30. The van der Waals surface area contributed by atoms with Crippen LogP contribution in [0.2, 0.25) is 0 Å². The topological polar surface area (TPSA) is 59.0 Å². The van der Waals surface area contributed by atoms with E-state index >= 15 is 0 Å². The maximum atomic E-state index is 12.0. The first-order valence-corrected chi connectivity index (χ1v) is 6.14. The molecule has 0 radical (unpaired) electrons. The number of hydrogen-bond acceptors (Lipinski definition) is 5. The van der Waals surface area contributed by atoms with E-state index in [0.29, 0.717) is 30.4 Å². The SMILES string of the molecule is COc1ccsc1C(=O)N(C)CCOCCO. The van der Waals surface area contributed by atoms with Gasteiger partial charge in [-0.25, -0.2) is 0 Å². The number of aliphatic hydroxyl groups excluding tert-OH is 1. The zero-order chi connectivity index (χ0) is 12.7. The molecule has 5 nitrogen and oxygen atoms in total. The smallest absolute Gasteiger partial charge is 0.267 e. The molecule has 1 rings (SSSR count). The standard InChI is InChI=1S/C11H17NO4S/c1-12(4-6-16-7-5-13)11(14)10-9(15-2)3-8-17-10/h3,8,13H,4-7H2,1-2H3. The summed E-state index contributed by atoms with van der Waals surface area (Å²) < 4.78 is 10.2. The van der Waals surface area contributed by atoms with Crippen molar-refractivity contribution < 1.29 is 19.4 Å². The van der Waals surface area contributed by atoms with Crippen LogP contribution in [0.3, 0.4) is 0 Å². The van der Waals surface area contributed by atoms with Gasteiger partial charge in [-0.2, -0.15) is 0 Å². The number of likely N-dealkylation sites (N-methyl/N-ethyl adjacent to an activating group) is 1. The number of carbonyl (C=O) groups excluding carboxylic acids is 1. The average Bonchev–Trinajstić information content (AvgIpc) is 2.81. The molecular formula is C11H17NO4S. The Morgan fingerprint density at radius 2 is 2.29 bits per heavy atom. The highest BCUT2D eigenvalue weighted by atomic mass is 32.1. The molecule has 6 heteroatoms. The van der Waals surface area contributed by atoms with Gasteiger partial charge in [-0.3, -0.25) is 4.79 Å². The summed E-state index contributed by atoms with van der Waals surface area (Å²) in [5.74, 6) is 0.521. The number of amides is 1. The van der Waals surface area contributed by atoms with Crippen molar-refractivity contribution >= 4 is 17.2 Å². The molecular weight excluding hydrogens is 242 g/mol. The van der Waals surface area contributed by atoms with Crippen LogP contribution >= 0.6 is 11.3 Å². The summed E-state index contributed by atoms with van der Waals surface area (Å²) in [6.07, 6.45) is 0. The summed E-state index contributed by atoms with van der Waals surface area (Å²) in [5.41, 5.74) is 0. The first-order chi connectivity index (χ1) is 8.20. The van der Waals surface area contributed by atoms with Gasteiger partial charge in [-0.05, 0) is 11.4 Å².